The summed E-state index contributed by atoms with van der Waals surface area (Å²) in [6.45, 7) is 13.1. The number of hydrogen-bond donors (Lipinski definition) is 4. The van der Waals surface area contributed by atoms with E-state index in [0.717, 1.165) is 24.9 Å². The molecular weight excluding hydrogens is 424 g/mol. The van der Waals surface area contributed by atoms with Crippen LogP contribution in [0.4, 0.5) is 17.1 Å². The zero-order chi connectivity index (χ0) is 25.3. The molecule has 0 saturated carbocycles. The first-order valence-electron chi connectivity index (χ1n) is 12.6. The summed E-state index contributed by atoms with van der Waals surface area (Å²) in [6, 6.07) is 16.0. The van der Waals surface area contributed by atoms with Gasteiger partial charge in [0.1, 0.15) is 0 Å². The second-order valence-electron chi connectivity index (χ2n) is 10.0. The van der Waals surface area contributed by atoms with Crippen molar-refractivity contribution in [3.8, 4) is 0 Å². The molecule has 0 aliphatic carbocycles. The largest absolute Gasteiger partial charge is 0.397 e. The number of nitrogens with zero attached hydrogens (tertiary/aromatic N) is 1. The van der Waals surface area contributed by atoms with Crippen molar-refractivity contribution < 1.29 is 9.90 Å². The van der Waals surface area contributed by atoms with Crippen molar-refractivity contribution in [2.24, 2.45) is 0 Å². The highest BCUT2D eigenvalue weighted by Crippen LogP contribution is 2.29. The monoisotopic (exact) mass is 468 g/mol. The first-order chi connectivity index (χ1) is 16.1. The molecule has 1 aliphatic rings. The lowest BCUT2D eigenvalue weighted by Gasteiger charge is -2.46. The van der Waals surface area contributed by atoms with E-state index in [2.05, 4.69) is 43.2 Å². The molecular formula is C28H44N4O2. The fourth-order valence-electron chi connectivity index (χ4n) is 4.48. The minimum atomic E-state index is -0.692. The number of benzene rings is 2. The molecule has 6 nitrogen and oxygen atoms in total. The number of carbonyl (C=O) groups is 1. The van der Waals surface area contributed by atoms with Crippen LogP contribution in [0.25, 0.3) is 0 Å². The number of aliphatic hydroxyl groups is 1. The van der Waals surface area contributed by atoms with E-state index in [4.69, 9.17) is 5.73 Å². The number of rotatable bonds is 7. The SMILES string of the molecule is CCC.CCC1CC(Nc2ccc(C(=O)Nc3ccccc3N)cc2)CC(C)N1CC(C)(C)O. The van der Waals surface area contributed by atoms with Crippen molar-refractivity contribution in [1.29, 1.82) is 0 Å². The number of carbonyl (C=O) groups excluding carboxylic acids is 1. The molecule has 0 bridgehead atoms. The van der Waals surface area contributed by atoms with Gasteiger partial charge in [0.05, 0.1) is 17.0 Å². The van der Waals surface area contributed by atoms with E-state index in [9.17, 15) is 9.90 Å². The number of likely N-dealkylation sites (tertiary alicyclic amines) is 1. The second kappa shape index (κ2) is 12.8. The Morgan fingerprint density at radius 2 is 1.71 bits per heavy atom. The molecule has 3 unspecified atom stereocenters. The van der Waals surface area contributed by atoms with E-state index in [-0.39, 0.29) is 5.91 Å². The summed E-state index contributed by atoms with van der Waals surface area (Å²) in [5, 5.41) is 16.8. The predicted octanol–water partition coefficient (Wildman–Crippen LogP) is 5.75. The third kappa shape index (κ3) is 8.33. The molecule has 1 amide bonds. The number of nitrogens with two attached hydrogens (primary N) is 1. The van der Waals surface area contributed by atoms with Crippen LogP contribution in [-0.2, 0) is 0 Å². The Kier molecular flexibility index (Phi) is 10.4. The molecule has 6 heteroatoms. The Morgan fingerprint density at radius 1 is 1.09 bits per heavy atom. The number of nitrogens with one attached hydrogen (secondary N) is 2. The lowest BCUT2D eigenvalue weighted by molar-refractivity contribution is -0.0140. The fourth-order valence-corrected chi connectivity index (χ4v) is 4.48. The molecule has 1 heterocycles. The van der Waals surface area contributed by atoms with E-state index in [0.29, 0.717) is 41.6 Å². The van der Waals surface area contributed by atoms with E-state index in [1.165, 1.54) is 6.42 Å². The van der Waals surface area contributed by atoms with Crippen LogP contribution in [0.2, 0.25) is 0 Å². The van der Waals surface area contributed by atoms with Crippen LogP contribution in [0.15, 0.2) is 48.5 Å². The van der Waals surface area contributed by atoms with Crippen molar-refractivity contribution in [3.63, 3.8) is 0 Å². The molecule has 34 heavy (non-hydrogen) atoms. The van der Waals surface area contributed by atoms with Gasteiger partial charge < -0.3 is 21.5 Å². The van der Waals surface area contributed by atoms with Gasteiger partial charge in [0.2, 0.25) is 0 Å². The molecule has 188 valence electrons. The smallest absolute Gasteiger partial charge is 0.255 e. The van der Waals surface area contributed by atoms with Crippen molar-refractivity contribution in [3.05, 3.63) is 54.1 Å². The van der Waals surface area contributed by atoms with Gasteiger partial charge >= 0.3 is 0 Å². The van der Waals surface area contributed by atoms with Gasteiger partial charge in [0.25, 0.3) is 5.91 Å². The van der Waals surface area contributed by atoms with Crippen molar-refractivity contribution in [2.45, 2.75) is 91.0 Å². The normalized spacial score (nSPS) is 20.7. The molecule has 1 aliphatic heterocycles. The number of anilines is 3. The van der Waals surface area contributed by atoms with Gasteiger partial charge in [-0.3, -0.25) is 9.69 Å². The molecule has 0 spiro atoms. The maximum atomic E-state index is 12.5. The Balaban J connectivity index is 0.00000129. The first-order valence-corrected chi connectivity index (χ1v) is 12.6. The zero-order valence-electron chi connectivity index (χ0n) is 21.8. The van der Waals surface area contributed by atoms with E-state index in [1.807, 2.05) is 50.2 Å². The van der Waals surface area contributed by atoms with Gasteiger partial charge in [0, 0.05) is 35.9 Å². The highest BCUT2D eigenvalue weighted by atomic mass is 16.3. The van der Waals surface area contributed by atoms with Crippen molar-refractivity contribution in [2.75, 3.05) is 22.9 Å². The first kappa shape index (κ1) is 27.7. The van der Waals surface area contributed by atoms with Crippen LogP contribution < -0.4 is 16.4 Å². The second-order valence-corrected chi connectivity index (χ2v) is 10.0. The maximum absolute atomic E-state index is 12.5. The summed E-state index contributed by atoms with van der Waals surface area (Å²) in [7, 11) is 0. The van der Waals surface area contributed by atoms with Crippen LogP contribution in [-0.4, -0.2) is 46.2 Å². The van der Waals surface area contributed by atoms with Gasteiger partial charge in [-0.2, -0.15) is 0 Å². The quantitative estimate of drug-likeness (QED) is 0.388. The van der Waals surface area contributed by atoms with Crippen molar-refractivity contribution >= 4 is 23.0 Å². The van der Waals surface area contributed by atoms with Crippen LogP contribution >= 0.6 is 0 Å². The maximum Gasteiger partial charge on any atom is 0.255 e. The molecule has 2 aromatic rings. The lowest BCUT2D eigenvalue weighted by atomic mass is 9.89. The van der Waals surface area contributed by atoms with E-state index in [1.54, 1.807) is 12.1 Å². The molecule has 0 aromatic heterocycles. The molecule has 2 aromatic carbocycles. The Bertz CT molecular complexity index is 892. The number of hydrogen-bond acceptors (Lipinski definition) is 5. The number of nitrogen functional groups attached to an aromatic ring is 1. The van der Waals surface area contributed by atoms with E-state index >= 15 is 0 Å². The third-order valence-electron chi connectivity index (χ3n) is 5.99. The third-order valence-corrected chi connectivity index (χ3v) is 5.99. The highest BCUT2D eigenvalue weighted by Gasteiger charge is 2.34. The van der Waals surface area contributed by atoms with Gasteiger partial charge in [-0.25, -0.2) is 0 Å². The molecule has 1 fully saturated rings. The van der Waals surface area contributed by atoms with Crippen LogP contribution in [0, 0.1) is 0 Å². The zero-order valence-corrected chi connectivity index (χ0v) is 21.8. The Hall–Kier alpha value is -2.57. The van der Waals surface area contributed by atoms with Gasteiger partial charge in [-0.05, 0) is 76.4 Å². The summed E-state index contributed by atoms with van der Waals surface area (Å²) in [4.78, 5) is 15.0. The number of para-hydroxylation sites is 2. The minimum Gasteiger partial charge on any atom is -0.397 e. The summed E-state index contributed by atoms with van der Waals surface area (Å²) in [6.07, 6.45) is 4.36. The van der Waals surface area contributed by atoms with Gasteiger partial charge in [-0.1, -0.05) is 39.3 Å². The van der Waals surface area contributed by atoms with Gasteiger partial charge in [0.15, 0.2) is 0 Å². The number of β-amino-alcohol motifs (C(OH)–C–C–N with tert-alkyl or cyclic N) is 1. The Labute approximate surface area is 205 Å². The number of amides is 1. The highest BCUT2D eigenvalue weighted by molar-refractivity contribution is 6.05. The standard InChI is InChI=1S/C25H36N4O2.C3H8/c1-5-21-15-20(14-17(2)29(21)16-25(3,4)31)27-19-12-10-18(11-13-19)24(30)28-23-9-7-6-8-22(23)26;1-3-2/h6-13,17,20-21,27,31H,5,14-16,26H2,1-4H3,(H,28,30);3H2,1-2H3. The van der Waals surface area contributed by atoms with Gasteiger partial charge in [-0.15, -0.1) is 0 Å². The molecule has 0 radical (unpaired) electrons. The van der Waals surface area contributed by atoms with Crippen LogP contribution in [0.1, 0.15) is 77.6 Å². The summed E-state index contributed by atoms with van der Waals surface area (Å²) in [5.41, 5.74) is 7.99. The molecule has 3 rings (SSSR count). The molecule has 5 N–H and O–H groups in total. The van der Waals surface area contributed by atoms with Crippen LogP contribution in [0.3, 0.4) is 0 Å². The predicted molar refractivity (Wildman–Crippen MR) is 144 cm³/mol. The Morgan fingerprint density at radius 3 is 2.26 bits per heavy atom. The average Bonchev–Trinajstić information content (AvgIpc) is 2.77. The van der Waals surface area contributed by atoms with Crippen molar-refractivity contribution in [1.82, 2.24) is 4.90 Å². The lowest BCUT2D eigenvalue weighted by Crippen LogP contribution is -2.55. The van der Waals surface area contributed by atoms with E-state index < -0.39 is 5.60 Å². The average molecular weight is 469 g/mol. The number of piperidine rings is 1. The molecule has 1 saturated heterocycles. The van der Waals surface area contributed by atoms with Crippen LogP contribution in [0.5, 0.6) is 0 Å². The summed E-state index contributed by atoms with van der Waals surface area (Å²) >= 11 is 0. The topological polar surface area (TPSA) is 90.6 Å². The minimum absolute atomic E-state index is 0.177. The summed E-state index contributed by atoms with van der Waals surface area (Å²) < 4.78 is 0. The fraction of sp³-hybridized carbons (Fsp3) is 0.536. The summed E-state index contributed by atoms with van der Waals surface area (Å²) in [5.74, 6) is -0.177. The molecule has 3 atom stereocenters.